The van der Waals surface area contributed by atoms with E-state index in [1.807, 2.05) is 4.90 Å². The van der Waals surface area contributed by atoms with E-state index in [1.54, 1.807) is 0 Å². The van der Waals surface area contributed by atoms with Crippen LogP contribution in [0.15, 0.2) is 0 Å². The molecular formula is C16H26F3N3O4. The van der Waals surface area contributed by atoms with Crippen molar-refractivity contribution >= 4 is 17.8 Å². The van der Waals surface area contributed by atoms with Gasteiger partial charge in [-0.25, -0.2) is 4.79 Å². The summed E-state index contributed by atoms with van der Waals surface area (Å²) in [6.45, 7) is 5.25. The first-order valence-electron chi connectivity index (χ1n) is 8.68. The molecule has 0 bridgehead atoms. The molecule has 2 aliphatic heterocycles. The minimum Gasteiger partial charge on any atom is -0.475 e. The minimum absolute atomic E-state index is 0.0879. The third-order valence-corrected chi connectivity index (χ3v) is 4.41. The molecule has 0 radical (unpaired) electrons. The van der Waals surface area contributed by atoms with Crippen molar-refractivity contribution in [3.05, 3.63) is 0 Å². The van der Waals surface area contributed by atoms with Gasteiger partial charge in [0.2, 0.25) is 11.8 Å². The molecule has 26 heavy (non-hydrogen) atoms. The van der Waals surface area contributed by atoms with Crippen LogP contribution >= 0.6 is 0 Å². The van der Waals surface area contributed by atoms with Crippen LogP contribution in [0, 0.1) is 5.92 Å². The summed E-state index contributed by atoms with van der Waals surface area (Å²) in [4.78, 5) is 36.1. The summed E-state index contributed by atoms with van der Waals surface area (Å²) in [5, 5.41) is 7.12. The molecule has 3 N–H and O–H groups in total. The number of aliphatic carboxylic acids is 1. The molecule has 10 heteroatoms. The topological polar surface area (TPSA) is 104 Å². The Balaban J connectivity index is 0.000000412. The molecule has 0 saturated carbocycles. The molecule has 0 aromatic rings. The second-order valence-electron chi connectivity index (χ2n) is 6.62. The largest absolute Gasteiger partial charge is 0.490 e. The van der Waals surface area contributed by atoms with E-state index in [9.17, 15) is 22.8 Å². The summed E-state index contributed by atoms with van der Waals surface area (Å²) in [7, 11) is 0. The standard InChI is InChI=1S/C14H25N3O2.C2HF3O2/c15-13(18)5-6-14(19)17-9-3-4-12(11-17)10-16-7-1-2-8-16;3-2(4,5)1(6)7/h12H,1-11H2,(H2,15,18);(H,6,7). The molecule has 2 rings (SSSR count). The van der Waals surface area contributed by atoms with Crippen LogP contribution in [0.5, 0.6) is 0 Å². The number of hydrogen-bond donors (Lipinski definition) is 2. The average molecular weight is 381 g/mol. The van der Waals surface area contributed by atoms with Crippen LogP contribution in [-0.2, 0) is 14.4 Å². The van der Waals surface area contributed by atoms with E-state index in [1.165, 1.54) is 32.4 Å². The van der Waals surface area contributed by atoms with E-state index in [2.05, 4.69) is 4.90 Å². The molecule has 0 aliphatic carbocycles. The zero-order chi connectivity index (χ0) is 19.7. The van der Waals surface area contributed by atoms with Gasteiger partial charge in [0.15, 0.2) is 0 Å². The summed E-state index contributed by atoms with van der Waals surface area (Å²) in [5.41, 5.74) is 5.09. The Morgan fingerprint density at radius 1 is 1.04 bits per heavy atom. The van der Waals surface area contributed by atoms with Gasteiger partial charge < -0.3 is 20.6 Å². The Morgan fingerprint density at radius 2 is 1.62 bits per heavy atom. The fraction of sp³-hybridized carbons (Fsp3) is 0.812. The SMILES string of the molecule is NC(=O)CCC(=O)N1CCCC(CN2CCCC2)C1.O=C(O)C(F)(F)F. The number of carbonyl (C=O) groups is 3. The number of carboxylic acids is 1. The fourth-order valence-corrected chi connectivity index (χ4v) is 3.16. The van der Waals surface area contributed by atoms with Crippen molar-refractivity contribution in [1.29, 1.82) is 0 Å². The van der Waals surface area contributed by atoms with Crippen molar-refractivity contribution in [2.24, 2.45) is 11.7 Å². The molecule has 2 fully saturated rings. The highest BCUT2D eigenvalue weighted by molar-refractivity contribution is 5.82. The maximum absolute atomic E-state index is 12.0. The Kier molecular flexibility index (Phi) is 8.83. The molecule has 2 saturated heterocycles. The highest BCUT2D eigenvalue weighted by Gasteiger charge is 2.38. The maximum atomic E-state index is 12.0. The van der Waals surface area contributed by atoms with E-state index in [4.69, 9.17) is 15.6 Å². The van der Waals surface area contributed by atoms with Gasteiger partial charge in [0.25, 0.3) is 0 Å². The molecule has 1 unspecified atom stereocenters. The first kappa shape index (κ1) is 22.2. The molecule has 0 aromatic heterocycles. The van der Waals surface area contributed by atoms with Gasteiger partial charge in [-0.1, -0.05) is 0 Å². The Morgan fingerprint density at radius 3 is 2.12 bits per heavy atom. The van der Waals surface area contributed by atoms with Crippen molar-refractivity contribution in [2.75, 3.05) is 32.7 Å². The van der Waals surface area contributed by atoms with E-state index in [0.717, 1.165) is 26.1 Å². The number of piperidine rings is 1. The van der Waals surface area contributed by atoms with Gasteiger partial charge in [-0.3, -0.25) is 9.59 Å². The summed E-state index contributed by atoms with van der Waals surface area (Å²) in [5.74, 6) is -2.46. The molecule has 150 valence electrons. The van der Waals surface area contributed by atoms with Crippen LogP contribution < -0.4 is 5.73 Å². The lowest BCUT2D eigenvalue weighted by Crippen LogP contribution is -2.43. The highest BCUT2D eigenvalue weighted by atomic mass is 19.4. The van der Waals surface area contributed by atoms with E-state index in [0.29, 0.717) is 5.92 Å². The van der Waals surface area contributed by atoms with Crippen molar-refractivity contribution in [3.63, 3.8) is 0 Å². The number of nitrogens with zero attached hydrogens (tertiary/aromatic N) is 2. The zero-order valence-electron chi connectivity index (χ0n) is 14.6. The van der Waals surface area contributed by atoms with Crippen LogP contribution in [0.2, 0.25) is 0 Å². The number of carboxylic acid groups (broad SMARTS) is 1. The number of rotatable bonds is 5. The van der Waals surface area contributed by atoms with Crippen molar-refractivity contribution in [2.45, 2.75) is 44.7 Å². The predicted molar refractivity (Wildman–Crippen MR) is 87.1 cm³/mol. The van der Waals surface area contributed by atoms with Gasteiger partial charge in [0, 0.05) is 32.5 Å². The molecule has 2 heterocycles. The smallest absolute Gasteiger partial charge is 0.475 e. The van der Waals surface area contributed by atoms with Gasteiger partial charge in [0.05, 0.1) is 0 Å². The number of amides is 2. The number of halogens is 3. The van der Waals surface area contributed by atoms with E-state index >= 15 is 0 Å². The van der Waals surface area contributed by atoms with Gasteiger partial charge in [-0.15, -0.1) is 0 Å². The number of nitrogens with two attached hydrogens (primary N) is 1. The second-order valence-corrected chi connectivity index (χ2v) is 6.62. The quantitative estimate of drug-likeness (QED) is 0.745. The molecule has 7 nitrogen and oxygen atoms in total. The zero-order valence-corrected chi connectivity index (χ0v) is 14.6. The van der Waals surface area contributed by atoms with Gasteiger partial charge >= 0.3 is 12.1 Å². The lowest BCUT2D eigenvalue weighted by Gasteiger charge is -2.34. The lowest BCUT2D eigenvalue weighted by atomic mass is 9.97. The molecule has 0 aromatic carbocycles. The van der Waals surface area contributed by atoms with Crippen LogP contribution in [0.1, 0.15) is 38.5 Å². The van der Waals surface area contributed by atoms with Crippen LogP contribution in [0.4, 0.5) is 13.2 Å². The normalized spacial score (nSPS) is 21.0. The molecule has 0 spiro atoms. The molecule has 1 atom stereocenters. The van der Waals surface area contributed by atoms with Crippen LogP contribution in [0.3, 0.4) is 0 Å². The van der Waals surface area contributed by atoms with Gasteiger partial charge in [-0.2, -0.15) is 13.2 Å². The first-order valence-corrected chi connectivity index (χ1v) is 8.68. The minimum atomic E-state index is -5.08. The predicted octanol–water partition coefficient (Wildman–Crippen LogP) is 1.22. The molecule has 2 amide bonds. The summed E-state index contributed by atoms with van der Waals surface area (Å²) in [6.07, 6.45) is 0.288. The Labute approximate surface area is 150 Å². The number of alkyl halides is 3. The van der Waals surface area contributed by atoms with E-state index < -0.39 is 12.1 Å². The van der Waals surface area contributed by atoms with Gasteiger partial charge in [0.1, 0.15) is 0 Å². The lowest BCUT2D eigenvalue weighted by molar-refractivity contribution is -0.192. The molecule has 2 aliphatic rings. The fourth-order valence-electron chi connectivity index (χ4n) is 3.16. The van der Waals surface area contributed by atoms with E-state index in [-0.39, 0.29) is 24.7 Å². The molecular weight excluding hydrogens is 355 g/mol. The van der Waals surface area contributed by atoms with Crippen molar-refractivity contribution in [3.8, 4) is 0 Å². The second kappa shape index (κ2) is 10.3. The highest BCUT2D eigenvalue weighted by Crippen LogP contribution is 2.20. The number of hydrogen-bond acceptors (Lipinski definition) is 4. The van der Waals surface area contributed by atoms with Crippen molar-refractivity contribution in [1.82, 2.24) is 9.80 Å². The summed E-state index contributed by atoms with van der Waals surface area (Å²) >= 11 is 0. The van der Waals surface area contributed by atoms with Gasteiger partial charge in [-0.05, 0) is 44.7 Å². The third-order valence-electron chi connectivity index (χ3n) is 4.41. The first-order chi connectivity index (χ1) is 12.1. The average Bonchev–Trinajstić information content (AvgIpc) is 3.05. The van der Waals surface area contributed by atoms with Crippen LogP contribution in [0.25, 0.3) is 0 Å². The Hall–Kier alpha value is -1.84. The number of primary amides is 1. The number of likely N-dealkylation sites (tertiary alicyclic amines) is 2. The Bertz CT molecular complexity index is 494. The summed E-state index contributed by atoms with van der Waals surface area (Å²) in [6, 6.07) is 0. The maximum Gasteiger partial charge on any atom is 0.490 e. The monoisotopic (exact) mass is 381 g/mol. The van der Waals surface area contributed by atoms with Crippen molar-refractivity contribution < 1.29 is 32.7 Å². The number of carbonyl (C=O) groups excluding carboxylic acids is 2. The van der Waals surface area contributed by atoms with Crippen LogP contribution in [-0.4, -0.2) is 71.6 Å². The summed E-state index contributed by atoms with van der Waals surface area (Å²) < 4.78 is 31.7. The third kappa shape index (κ3) is 8.50.